The van der Waals surface area contributed by atoms with Crippen molar-refractivity contribution in [3.8, 4) is 0 Å². The second-order valence-electron chi connectivity index (χ2n) is 5.74. The minimum atomic E-state index is -0.422. The van der Waals surface area contributed by atoms with E-state index in [4.69, 9.17) is 4.74 Å². The Morgan fingerprint density at radius 2 is 1.81 bits per heavy atom. The molecule has 138 valence electrons. The Hall–Kier alpha value is -3.06. The van der Waals surface area contributed by atoms with E-state index in [1.165, 1.54) is 0 Å². The van der Waals surface area contributed by atoms with Crippen LogP contribution in [0.5, 0.6) is 0 Å². The number of ether oxygens (including phenoxy) is 1. The number of rotatable bonds is 6. The molecule has 0 radical (unpaired) electrons. The molecule has 0 aliphatic carbocycles. The molecule has 2 aromatic heterocycles. The van der Waals surface area contributed by atoms with Gasteiger partial charge >= 0.3 is 5.97 Å². The van der Waals surface area contributed by atoms with Crippen molar-refractivity contribution in [3.05, 3.63) is 76.6 Å². The molecule has 0 unspecified atom stereocenters. The lowest BCUT2D eigenvalue weighted by atomic mass is 10.2. The maximum absolute atomic E-state index is 13.1. The zero-order valence-electron chi connectivity index (χ0n) is 15.1. The molecule has 1 amide bonds. The number of nitrogens with zero attached hydrogens (tertiary/aromatic N) is 3. The molecule has 3 aromatic rings. The van der Waals surface area contributed by atoms with Gasteiger partial charge in [0.15, 0.2) is 5.13 Å². The molecule has 6 nitrogen and oxygen atoms in total. The Bertz CT molecular complexity index is 926. The van der Waals surface area contributed by atoms with E-state index in [-0.39, 0.29) is 12.5 Å². The molecular formula is C20H19N3O3S. The number of amides is 1. The van der Waals surface area contributed by atoms with Crippen molar-refractivity contribution >= 4 is 28.3 Å². The van der Waals surface area contributed by atoms with Crippen LogP contribution in [0.2, 0.25) is 0 Å². The third kappa shape index (κ3) is 4.38. The van der Waals surface area contributed by atoms with E-state index < -0.39 is 5.97 Å². The lowest BCUT2D eigenvalue weighted by Gasteiger charge is -2.20. The smallest absolute Gasteiger partial charge is 0.350 e. The molecule has 3 rings (SSSR count). The standard InChI is InChI=1S/C20H19N3O3S/c1-3-26-19(25)17-14(2)22-20(27-17)23(13-15-7-5-4-6-8-15)18(24)16-9-11-21-12-10-16/h4-12H,3,13H2,1-2H3. The molecule has 0 fully saturated rings. The van der Waals surface area contributed by atoms with Crippen LogP contribution in [-0.2, 0) is 11.3 Å². The van der Waals surface area contributed by atoms with Gasteiger partial charge in [0.1, 0.15) is 4.88 Å². The highest BCUT2D eigenvalue weighted by Crippen LogP contribution is 2.29. The number of benzene rings is 1. The highest BCUT2D eigenvalue weighted by molar-refractivity contribution is 7.17. The summed E-state index contributed by atoms with van der Waals surface area (Å²) in [5.74, 6) is -0.625. The van der Waals surface area contributed by atoms with Crippen LogP contribution in [0.15, 0.2) is 54.9 Å². The minimum absolute atomic E-state index is 0.203. The SMILES string of the molecule is CCOC(=O)c1sc(N(Cc2ccccc2)C(=O)c2ccncc2)nc1C. The highest BCUT2D eigenvalue weighted by Gasteiger charge is 2.25. The van der Waals surface area contributed by atoms with Gasteiger partial charge in [-0.25, -0.2) is 9.78 Å². The molecule has 0 bridgehead atoms. The highest BCUT2D eigenvalue weighted by atomic mass is 32.1. The summed E-state index contributed by atoms with van der Waals surface area (Å²) < 4.78 is 5.09. The van der Waals surface area contributed by atoms with Gasteiger partial charge in [0.2, 0.25) is 0 Å². The van der Waals surface area contributed by atoms with E-state index >= 15 is 0 Å². The number of thiazole rings is 1. The quantitative estimate of drug-likeness (QED) is 0.606. The van der Waals surface area contributed by atoms with Crippen LogP contribution in [0.25, 0.3) is 0 Å². The third-order valence-corrected chi connectivity index (χ3v) is 4.99. The summed E-state index contributed by atoms with van der Waals surface area (Å²) in [5.41, 5.74) is 2.02. The van der Waals surface area contributed by atoms with Gasteiger partial charge in [-0.05, 0) is 31.5 Å². The van der Waals surface area contributed by atoms with Crippen LogP contribution >= 0.6 is 11.3 Å². The van der Waals surface area contributed by atoms with Gasteiger partial charge in [0, 0.05) is 18.0 Å². The van der Waals surface area contributed by atoms with Gasteiger partial charge in [-0.2, -0.15) is 0 Å². The lowest BCUT2D eigenvalue weighted by molar-refractivity contribution is 0.0531. The molecule has 0 N–H and O–H groups in total. The van der Waals surface area contributed by atoms with E-state index in [0.717, 1.165) is 16.9 Å². The minimum Gasteiger partial charge on any atom is -0.462 e. The topological polar surface area (TPSA) is 72.4 Å². The van der Waals surface area contributed by atoms with Crippen molar-refractivity contribution in [3.63, 3.8) is 0 Å². The maximum atomic E-state index is 13.1. The summed E-state index contributed by atoms with van der Waals surface area (Å²) in [5, 5.41) is 0.459. The van der Waals surface area contributed by atoms with E-state index in [0.29, 0.717) is 27.8 Å². The lowest BCUT2D eigenvalue weighted by Crippen LogP contribution is -2.30. The molecule has 0 aliphatic heterocycles. The average Bonchev–Trinajstić information content (AvgIpc) is 3.09. The first kappa shape index (κ1) is 18.7. The van der Waals surface area contributed by atoms with Gasteiger partial charge in [-0.1, -0.05) is 41.7 Å². The summed E-state index contributed by atoms with van der Waals surface area (Å²) in [4.78, 5) is 35.7. The van der Waals surface area contributed by atoms with Crippen molar-refractivity contribution in [1.82, 2.24) is 9.97 Å². The molecule has 0 aliphatic rings. The first-order chi connectivity index (χ1) is 13.1. The number of hydrogen-bond donors (Lipinski definition) is 0. The number of carbonyl (C=O) groups excluding carboxylic acids is 2. The number of esters is 1. The number of pyridine rings is 1. The fourth-order valence-electron chi connectivity index (χ4n) is 2.53. The third-order valence-electron chi connectivity index (χ3n) is 3.83. The van der Waals surface area contributed by atoms with Gasteiger partial charge in [0.25, 0.3) is 5.91 Å². The van der Waals surface area contributed by atoms with Crippen LogP contribution in [0, 0.1) is 6.92 Å². The van der Waals surface area contributed by atoms with Crippen LogP contribution < -0.4 is 4.90 Å². The molecule has 0 saturated carbocycles. The van der Waals surface area contributed by atoms with Crippen LogP contribution in [0.3, 0.4) is 0 Å². The van der Waals surface area contributed by atoms with Crippen molar-refractivity contribution in [1.29, 1.82) is 0 Å². The van der Waals surface area contributed by atoms with Gasteiger partial charge in [0.05, 0.1) is 18.8 Å². The normalized spacial score (nSPS) is 10.4. The fourth-order valence-corrected chi connectivity index (χ4v) is 3.48. The number of hydrogen-bond acceptors (Lipinski definition) is 6. The first-order valence-electron chi connectivity index (χ1n) is 8.50. The van der Waals surface area contributed by atoms with Crippen molar-refractivity contribution in [2.24, 2.45) is 0 Å². The van der Waals surface area contributed by atoms with Crippen molar-refractivity contribution < 1.29 is 14.3 Å². The van der Waals surface area contributed by atoms with Crippen molar-refractivity contribution in [2.45, 2.75) is 20.4 Å². The summed E-state index contributed by atoms with van der Waals surface area (Å²) in [6, 6.07) is 13.0. The van der Waals surface area contributed by atoms with E-state index in [1.54, 1.807) is 43.3 Å². The predicted octanol–water partition coefficient (Wildman–Crippen LogP) is 3.87. The molecule has 7 heteroatoms. The van der Waals surface area contributed by atoms with Gasteiger partial charge < -0.3 is 4.74 Å². The average molecular weight is 381 g/mol. The molecule has 27 heavy (non-hydrogen) atoms. The molecule has 0 spiro atoms. The molecule has 2 heterocycles. The largest absolute Gasteiger partial charge is 0.462 e. The molecule has 0 saturated heterocycles. The van der Waals surface area contributed by atoms with Crippen LogP contribution in [0.1, 0.15) is 38.2 Å². The Labute approximate surface area is 161 Å². The van der Waals surface area contributed by atoms with Crippen molar-refractivity contribution in [2.75, 3.05) is 11.5 Å². The van der Waals surface area contributed by atoms with Gasteiger partial charge in [-0.3, -0.25) is 14.7 Å². The summed E-state index contributed by atoms with van der Waals surface area (Å²) >= 11 is 1.16. The number of carbonyl (C=O) groups is 2. The molecular weight excluding hydrogens is 362 g/mol. The summed E-state index contributed by atoms with van der Waals surface area (Å²) in [6.07, 6.45) is 3.15. The van der Waals surface area contributed by atoms with Crippen LogP contribution in [0.4, 0.5) is 5.13 Å². The Balaban J connectivity index is 1.98. The van der Waals surface area contributed by atoms with Gasteiger partial charge in [-0.15, -0.1) is 0 Å². The maximum Gasteiger partial charge on any atom is 0.350 e. The monoisotopic (exact) mass is 381 g/mol. The fraction of sp³-hybridized carbons (Fsp3) is 0.200. The van der Waals surface area contributed by atoms with E-state index in [1.807, 2.05) is 30.3 Å². The predicted molar refractivity (Wildman–Crippen MR) is 104 cm³/mol. The Morgan fingerprint density at radius 3 is 2.48 bits per heavy atom. The molecule has 0 atom stereocenters. The summed E-state index contributed by atoms with van der Waals surface area (Å²) in [7, 11) is 0. The Morgan fingerprint density at radius 1 is 1.11 bits per heavy atom. The number of aromatic nitrogens is 2. The summed E-state index contributed by atoms with van der Waals surface area (Å²) in [6.45, 7) is 4.13. The second kappa shape index (κ2) is 8.55. The second-order valence-corrected chi connectivity index (χ2v) is 6.72. The van der Waals surface area contributed by atoms with Crippen LogP contribution in [-0.4, -0.2) is 28.5 Å². The van der Waals surface area contributed by atoms with E-state index in [2.05, 4.69) is 9.97 Å². The first-order valence-corrected chi connectivity index (χ1v) is 9.32. The number of aryl methyl sites for hydroxylation is 1. The Kier molecular flexibility index (Phi) is 5.93. The number of anilines is 1. The molecule has 1 aromatic carbocycles. The zero-order valence-corrected chi connectivity index (χ0v) is 15.9. The van der Waals surface area contributed by atoms with E-state index in [9.17, 15) is 9.59 Å². The zero-order chi connectivity index (χ0) is 19.2.